The number of hydrogen-bond donors (Lipinski definition) is 4. The van der Waals surface area contributed by atoms with Gasteiger partial charge in [-0.3, -0.25) is 4.79 Å². The number of aliphatic carboxylic acids is 1. The summed E-state index contributed by atoms with van der Waals surface area (Å²) in [6.07, 6.45) is 10.1. The summed E-state index contributed by atoms with van der Waals surface area (Å²) in [4.78, 5) is 10.2. The van der Waals surface area contributed by atoms with Crippen LogP contribution >= 0.6 is 0 Å². The van der Waals surface area contributed by atoms with Crippen LogP contribution in [0.1, 0.15) is 51.4 Å². The van der Waals surface area contributed by atoms with E-state index in [1.54, 1.807) is 0 Å². The third kappa shape index (κ3) is 25.8. The molecule has 0 rings (SSSR count). The molecule has 0 spiro atoms. The van der Waals surface area contributed by atoms with Gasteiger partial charge in [0.25, 0.3) is 0 Å². The van der Waals surface area contributed by atoms with Crippen LogP contribution in [-0.4, -0.2) is 47.6 Å². The average Bonchev–Trinajstić information content (AvgIpc) is 2.43. The number of nitrogens with one attached hydrogen (secondary N) is 1. The van der Waals surface area contributed by atoms with Crippen molar-refractivity contribution in [3.05, 3.63) is 12.7 Å². The second kappa shape index (κ2) is 20.4. The van der Waals surface area contributed by atoms with Gasteiger partial charge in [0.1, 0.15) is 0 Å². The minimum Gasteiger partial charge on any atom is -0.481 e. The summed E-state index contributed by atoms with van der Waals surface area (Å²) in [5.74, 6) is -0.674. The van der Waals surface area contributed by atoms with E-state index in [-0.39, 0.29) is 13.2 Å². The maximum Gasteiger partial charge on any atom is 0.303 e. The molecule has 0 atom stereocenters. The summed E-state index contributed by atoms with van der Waals surface area (Å²) in [5, 5.41) is 27.5. The molecule has 4 N–H and O–H groups in total. The van der Waals surface area contributed by atoms with Gasteiger partial charge < -0.3 is 20.6 Å². The Hall–Kier alpha value is -0.910. The van der Waals surface area contributed by atoms with Crippen LogP contribution in [0.2, 0.25) is 0 Å². The van der Waals surface area contributed by atoms with Crippen molar-refractivity contribution < 1.29 is 20.1 Å². The van der Waals surface area contributed by atoms with Crippen LogP contribution in [0.3, 0.4) is 0 Å². The summed E-state index contributed by atoms with van der Waals surface area (Å²) in [6.45, 7) is 5.08. The topological polar surface area (TPSA) is 89.8 Å². The average molecular weight is 289 g/mol. The molecule has 0 saturated carbocycles. The Morgan fingerprint density at radius 1 is 0.950 bits per heavy atom. The van der Waals surface area contributed by atoms with Gasteiger partial charge in [-0.05, 0) is 19.3 Å². The molecule has 0 radical (unpaired) electrons. The molecule has 5 nitrogen and oxygen atoms in total. The molecular weight excluding hydrogens is 258 g/mol. The van der Waals surface area contributed by atoms with Gasteiger partial charge in [0.15, 0.2) is 0 Å². The number of rotatable bonds is 13. The van der Waals surface area contributed by atoms with E-state index in [2.05, 4.69) is 11.9 Å². The summed E-state index contributed by atoms with van der Waals surface area (Å²) in [5.41, 5.74) is 0. The smallest absolute Gasteiger partial charge is 0.303 e. The van der Waals surface area contributed by atoms with Crippen LogP contribution in [0.4, 0.5) is 0 Å². The van der Waals surface area contributed by atoms with Crippen LogP contribution in [0.5, 0.6) is 0 Å². The first-order chi connectivity index (χ1) is 9.68. The zero-order valence-corrected chi connectivity index (χ0v) is 12.5. The van der Waals surface area contributed by atoms with Gasteiger partial charge >= 0.3 is 5.97 Å². The van der Waals surface area contributed by atoms with Crippen molar-refractivity contribution in [2.75, 3.05) is 26.3 Å². The Morgan fingerprint density at radius 3 is 1.90 bits per heavy atom. The van der Waals surface area contributed by atoms with Crippen molar-refractivity contribution in [3.8, 4) is 0 Å². The van der Waals surface area contributed by atoms with Crippen molar-refractivity contribution in [2.45, 2.75) is 51.4 Å². The molecule has 0 bridgehead atoms. The lowest BCUT2D eigenvalue weighted by atomic mass is 10.1. The number of aliphatic hydroxyl groups excluding tert-OH is 2. The van der Waals surface area contributed by atoms with E-state index < -0.39 is 5.97 Å². The summed E-state index contributed by atoms with van der Waals surface area (Å²) in [7, 11) is 0. The highest BCUT2D eigenvalue weighted by molar-refractivity contribution is 5.66. The molecule has 0 aliphatic carbocycles. The molecule has 0 heterocycles. The number of aliphatic hydroxyl groups is 2. The van der Waals surface area contributed by atoms with Crippen molar-refractivity contribution in [1.29, 1.82) is 0 Å². The minimum absolute atomic E-state index is 0.139. The zero-order chi connectivity index (χ0) is 15.5. The number of allylic oxidation sites excluding steroid dienone is 1. The number of carboxylic acids is 1. The maximum atomic E-state index is 10.2. The highest BCUT2D eigenvalue weighted by Gasteiger charge is 1.95. The fourth-order valence-electron chi connectivity index (χ4n) is 1.56. The highest BCUT2D eigenvalue weighted by atomic mass is 16.4. The normalized spacial score (nSPS) is 9.70. The predicted octanol–water partition coefficient (Wildman–Crippen LogP) is 1.94. The molecule has 0 amide bonds. The lowest BCUT2D eigenvalue weighted by Crippen LogP contribution is -2.21. The van der Waals surface area contributed by atoms with E-state index in [0.717, 1.165) is 19.3 Å². The number of hydrogen-bond acceptors (Lipinski definition) is 4. The largest absolute Gasteiger partial charge is 0.481 e. The first-order valence-electron chi connectivity index (χ1n) is 7.44. The van der Waals surface area contributed by atoms with Crippen LogP contribution in [0, 0.1) is 0 Å². The molecule has 0 unspecified atom stereocenters. The Labute approximate surface area is 122 Å². The van der Waals surface area contributed by atoms with E-state index in [1.807, 2.05) is 6.08 Å². The van der Waals surface area contributed by atoms with Gasteiger partial charge in [0.2, 0.25) is 0 Å². The molecule has 0 aliphatic rings. The van der Waals surface area contributed by atoms with Crippen LogP contribution in [0.25, 0.3) is 0 Å². The van der Waals surface area contributed by atoms with Gasteiger partial charge in [0.05, 0.1) is 13.2 Å². The highest BCUT2D eigenvalue weighted by Crippen LogP contribution is 2.08. The zero-order valence-electron chi connectivity index (χ0n) is 12.5. The molecule has 0 aliphatic heterocycles. The SMILES string of the molecule is C=CCCCCCCCCC(=O)O.OCCNCCO. The summed E-state index contributed by atoms with van der Waals surface area (Å²) < 4.78 is 0. The third-order valence-electron chi connectivity index (χ3n) is 2.63. The van der Waals surface area contributed by atoms with Crippen LogP contribution in [-0.2, 0) is 4.79 Å². The van der Waals surface area contributed by atoms with Gasteiger partial charge in [-0.25, -0.2) is 0 Å². The van der Waals surface area contributed by atoms with Gasteiger partial charge in [-0.15, -0.1) is 6.58 Å². The van der Waals surface area contributed by atoms with Crippen molar-refractivity contribution >= 4 is 5.97 Å². The lowest BCUT2D eigenvalue weighted by molar-refractivity contribution is -0.137. The number of carboxylic acid groups (broad SMARTS) is 1. The molecule has 5 heteroatoms. The quantitative estimate of drug-likeness (QED) is 0.307. The Kier molecular flexibility index (Phi) is 21.8. The van der Waals surface area contributed by atoms with Crippen molar-refractivity contribution in [3.63, 3.8) is 0 Å². The summed E-state index contributed by atoms with van der Waals surface area (Å²) >= 11 is 0. The second-order valence-electron chi connectivity index (χ2n) is 4.54. The first kappa shape index (κ1) is 21.4. The molecule has 0 aromatic heterocycles. The monoisotopic (exact) mass is 289 g/mol. The molecule has 20 heavy (non-hydrogen) atoms. The maximum absolute atomic E-state index is 10.2. The van der Waals surface area contributed by atoms with E-state index in [4.69, 9.17) is 15.3 Å². The van der Waals surface area contributed by atoms with Crippen molar-refractivity contribution in [2.24, 2.45) is 0 Å². The van der Waals surface area contributed by atoms with E-state index >= 15 is 0 Å². The van der Waals surface area contributed by atoms with Gasteiger partial charge in [-0.2, -0.15) is 0 Å². The molecule has 0 saturated heterocycles. The van der Waals surface area contributed by atoms with E-state index in [1.165, 1.54) is 25.7 Å². The second-order valence-corrected chi connectivity index (χ2v) is 4.54. The fraction of sp³-hybridized carbons (Fsp3) is 0.800. The summed E-state index contributed by atoms with van der Waals surface area (Å²) in [6, 6.07) is 0. The minimum atomic E-state index is -0.674. The van der Waals surface area contributed by atoms with Crippen LogP contribution < -0.4 is 5.32 Å². The Morgan fingerprint density at radius 2 is 1.45 bits per heavy atom. The van der Waals surface area contributed by atoms with E-state index in [9.17, 15) is 4.79 Å². The molecular formula is C15H31NO4. The number of unbranched alkanes of at least 4 members (excludes halogenated alkanes) is 6. The van der Waals surface area contributed by atoms with Gasteiger partial charge in [0, 0.05) is 19.5 Å². The molecule has 0 aromatic carbocycles. The standard InChI is InChI=1S/C11H20O2.C4H11NO2/c1-2-3-4-5-6-7-8-9-10-11(12)13;6-3-1-5-2-4-7/h2H,1,3-10H2,(H,12,13);5-7H,1-4H2. The molecule has 0 aromatic rings. The van der Waals surface area contributed by atoms with Crippen LogP contribution in [0.15, 0.2) is 12.7 Å². The van der Waals surface area contributed by atoms with Crippen molar-refractivity contribution in [1.82, 2.24) is 5.32 Å². The molecule has 120 valence electrons. The van der Waals surface area contributed by atoms with E-state index in [0.29, 0.717) is 19.5 Å². The molecule has 0 fully saturated rings. The lowest BCUT2D eigenvalue weighted by Gasteiger charge is -1.98. The number of carbonyl (C=O) groups is 1. The fourth-order valence-corrected chi connectivity index (χ4v) is 1.56. The third-order valence-corrected chi connectivity index (χ3v) is 2.63. The van der Waals surface area contributed by atoms with Gasteiger partial charge in [-0.1, -0.05) is 31.8 Å². The predicted molar refractivity (Wildman–Crippen MR) is 81.8 cm³/mol. The first-order valence-corrected chi connectivity index (χ1v) is 7.44. The Bertz CT molecular complexity index is 206. The Balaban J connectivity index is 0.